The normalized spacial score (nSPS) is 16.0. The Kier molecular flexibility index (Phi) is 5.71. The minimum atomic E-state index is -0.107. The summed E-state index contributed by atoms with van der Waals surface area (Å²) in [7, 11) is 3.46. The van der Waals surface area contributed by atoms with Crippen molar-refractivity contribution in [3.63, 3.8) is 0 Å². The van der Waals surface area contributed by atoms with E-state index in [1.165, 1.54) is 0 Å². The molecule has 1 unspecified atom stereocenters. The third-order valence-corrected chi connectivity index (χ3v) is 4.18. The molecule has 1 fully saturated rings. The first-order valence-corrected chi connectivity index (χ1v) is 8.03. The van der Waals surface area contributed by atoms with E-state index < -0.39 is 0 Å². The molecule has 1 N–H and O–H groups in total. The van der Waals surface area contributed by atoms with Crippen molar-refractivity contribution < 1.29 is 9.59 Å². The van der Waals surface area contributed by atoms with Crippen molar-refractivity contribution in [1.29, 1.82) is 0 Å². The second kappa shape index (κ2) is 7.55. The molecular formula is C16H23ClN4O2. The molecule has 23 heavy (non-hydrogen) atoms. The van der Waals surface area contributed by atoms with Gasteiger partial charge in [0.25, 0.3) is 0 Å². The summed E-state index contributed by atoms with van der Waals surface area (Å²) in [4.78, 5) is 29.3. The summed E-state index contributed by atoms with van der Waals surface area (Å²) >= 11 is 5.87. The fraction of sp³-hybridized carbons (Fsp3) is 0.500. The van der Waals surface area contributed by atoms with Crippen molar-refractivity contribution in [2.24, 2.45) is 0 Å². The van der Waals surface area contributed by atoms with Gasteiger partial charge in [0.1, 0.15) is 0 Å². The van der Waals surface area contributed by atoms with E-state index in [1.54, 1.807) is 28.8 Å². The Morgan fingerprint density at radius 1 is 1.09 bits per heavy atom. The van der Waals surface area contributed by atoms with Crippen LogP contribution in [0, 0.1) is 0 Å². The molecule has 0 spiro atoms. The number of piperazine rings is 1. The van der Waals surface area contributed by atoms with Gasteiger partial charge < -0.3 is 20.0 Å². The maximum Gasteiger partial charge on any atom is 0.319 e. The Bertz CT molecular complexity index is 554. The van der Waals surface area contributed by atoms with Crippen LogP contribution in [0.15, 0.2) is 24.3 Å². The van der Waals surface area contributed by atoms with Crippen LogP contribution in [-0.4, -0.2) is 67.0 Å². The molecule has 0 aliphatic carbocycles. The molecule has 1 aliphatic heterocycles. The van der Waals surface area contributed by atoms with E-state index in [0.717, 1.165) is 5.56 Å². The standard InChI is InChI=1S/C16H23ClN4O2/c1-12(13-4-6-14(17)7-5-13)18-15(22)20-8-10-21(11-9-20)16(23)19(2)3/h4-7,12H,8-11H2,1-3H3,(H,18,22). The molecule has 6 nitrogen and oxygen atoms in total. The highest BCUT2D eigenvalue weighted by Gasteiger charge is 2.25. The fourth-order valence-electron chi connectivity index (χ4n) is 2.49. The minimum absolute atomic E-state index is 0.0143. The molecule has 0 saturated carbocycles. The number of urea groups is 2. The number of carbonyl (C=O) groups is 2. The summed E-state index contributed by atoms with van der Waals surface area (Å²) in [5, 5.41) is 3.66. The largest absolute Gasteiger partial charge is 0.331 e. The van der Waals surface area contributed by atoms with Gasteiger partial charge in [-0.05, 0) is 24.6 Å². The van der Waals surface area contributed by atoms with Crippen LogP contribution in [0.5, 0.6) is 0 Å². The number of halogens is 1. The first-order valence-electron chi connectivity index (χ1n) is 7.65. The van der Waals surface area contributed by atoms with E-state index in [-0.39, 0.29) is 18.1 Å². The second-order valence-electron chi connectivity index (χ2n) is 5.87. The van der Waals surface area contributed by atoms with Crippen LogP contribution in [0.4, 0.5) is 9.59 Å². The molecule has 2 rings (SSSR count). The number of benzene rings is 1. The van der Waals surface area contributed by atoms with Crippen LogP contribution >= 0.6 is 11.6 Å². The summed E-state index contributed by atoms with van der Waals surface area (Å²) in [6, 6.07) is 7.21. The van der Waals surface area contributed by atoms with Crippen molar-refractivity contribution >= 4 is 23.7 Å². The monoisotopic (exact) mass is 338 g/mol. The number of carbonyl (C=O) groups excluding carboxylic acids is 2. The number of hydrogen-bond acceptors (Lipinski definition) is 2. The van der Waals surface area contributed by atoms with Gasteiger partial charge in [0.05, 0.1) is 6.04 Å². The maximum atomic E-state index is 12.3. The van der Waals surface area contributed by atoms with Gasteiger partial charge in [-0.2, -0.15) is 0 Å². The molecule has 1 aromatic carbocycles. The van der Waals surface area contributed by atoms with Crippen molar-refractivity contribution in [3.8, 4) is 0 Å². The predicted molar refractivity (Wildman–Crippen MR) is 90.6 cm³/mol. The van der Waals surface area contributed by atoms with Crippen LogP contribution < -0.4 is 5.32 Å². The predicted octanol–water partition coefficient (Wildman–Crippen LogP) is 2.41. The Morgan fingerprint density at radius 3 is 2.13 bits per heavy atom. The number of hydrogen-bond donors (Lipinski definition) is 1. The fourth-order valence-corrected chi connectivity index (χ4v) is 2.62. The number of nitrogens with one attached hydrogen (secondary N) is 1. The highest BCUT2D eigenvalue weighted by atomic mass is 35.5. The van der Waals surface area contributed by atoms with Crippen LogP contribution in [-0.2, 0) is 0 Å². The van der Waals surface area contributed by atoms with Gasteiger partial charge in [-0.1, -0.05) is 23.7 Å². The van der Waals surface area contributed by atoms with Gasteiger partial charge in [-0.25, -0.2) is 9.59 Å². The van der Waals surface area contributed by atoms with Gasteiger partial charge in [0.2, 0.25) is 0 Å². The molecule has 1 aliphatic rings. The van der Waals surface area contributed by atoms with E-state index in [1.807, 2.05) is 31.2 Å². The van der Waals surface area contributed by atoms with E-state index >= 15 is 0 Å². The average Bonchev–Trinajstić information content (AvgIpc) is 2.54. The second-order valence-corrected chi connectivity index (χ2v) is 6.31. The topological polar surface area (TPSA) is 55.9 Å². The Balaban J connectivity index is 1.85. The highest BCUT2D eigenvalue weighted by molar-refractivity contribution is 6.30. The summed E-state index contributed by atoms with van der Waals surface area (Å²) in [5.41, 5.74) is 1.00. The quantitative estimate of drug-likeness (QED) is 0.900. The molecule has 1 saturated heterocycles. The first-order chi connectivity index (χ1) is 10.9. The summed E-state index contributed by atoms with van der Waals surface area (Å²) < 4.78 is 0. The van der Waals surface area contributed by atoms with Gasteiger partial charge >= 0.3 is 12.1 Å². The van der Waals surface area contributed by atoms with E-state index in [0.29, 0.717) is 31.2 Å². The third-order valence-electron chi connectivity index (χ3n) is 3.93. The molecule has 1 atom stereocenters. The van der Waals surface area contributed by atoms with Crippen molar-refractivity contribution in [2.75, 3.05) is 40.3 Å². The summed E-state index contributed by atoms with van der Waals surface area (Å²) in [5.74, 6) is 0. The molecular weight excluding hydrogens is 316 g/mol. The molecule has 4 amide bonds. The van der Waals surface area contributed by atoms with E-state index in [2.05, 4.69) is 5.32 Å². The van der Waals surface area contributed by atoms with Gasteiger partial charge in [-0.15, -0.1) is 0 Å². The molecule has 7 heteroatoms. The Hall–Kier alpha value is -1.95. The summed E-state index contributed by atoms with van der Waals surface area (Å²) in [6.45, 7) is 4.13. The van der Waals surface area contributed by atoms with Crippen LogP contribution in [0.2, 0.25) is 5.02 Å². The van der Waals surface area contributed by atoms with Gasteiger partial charge in [0, 0.05) is 45.3 Å². The third kappa shape index (κ3) is 4.51. The Labute approximate surface area is 142 Å². The number of rotatable bonds is 2. The van der Waals surface area contributed by atoms with E-state index in [9.17, 15) is 9.59 Å². The molecule has 0 bridgehead atoms. The van der Waals surface area contributed by atoms with Gasteiger partial charge in [-0.3, -0.25) is 0 Å². The molecule has 1 heterocycles. The lowest BCUT2D eigenvalue weighted by molar-refractivity contribution is 0.128. The SMILES string of the molecule is CC(NC(=O)N1CCN(C(=O)N(C)C)CC1)c1ccc(Cl)cc1. The van der Waals surface area contributed by atoms with Crippen molar-refractivity contribution in [1.82, 2.24) is 20.0 Å². The lowest BCUT2D eigenvalue weighted by Gasteiger charge is -2.36. The zero-order chi connectivity index (χ0) is 17.0. The number of amides is 4. The van der Waals surface area contributed by atoms with Crippen LogP contribution in [0.3, 0.4) is 0 Å². The molecule has 0 aromatic heterocycles. The first kappa shape index (κ1) is 17.4. The molecule has 126 valence electrons. The number of nitrogens with zero attached hydrogens (tertiary/aromatic N) is 3. The van der Waals surface area contributed by atoms with Crippen molar-refractivity contribution in [2.45, 2.75) is 13.0 Å². The lowest BCUT2D eigenvalue weighted by atomic mass is 10.1. The lowest BCUT2D eigenvalue weighted by Crippen LogP contribution is -2.55. The molecule has 1 aromatic rings. The zero-order valence-electron chi connectivity index (χ0n) is 13.8. The van der Waals surface area contributed by atoms with Crippen molar-refractivity contribution in [3.05, 3.63) is 34.9 Å². The van der Waals surface area contributed by atoms with E-state index in [4.69, 9.17) is 11.6 Å². The van der Waals surface area contributed by atoms with Gasteiger partial charge in [0.15, 0.2) is 0 Å². The minimum Gasteiger partial charge on any atom is -0.331 e. The Morgan fingerprint density at radius 2 is 1.61 bits per heavy atom. The highest BCUT2D eigenvalue weighted by Crippen LogP contribution is 2.16. The maximum absolute atomic E-state index is 12.3. The zero-order valence-corrected chi connectivity index (χ0v) is 14.5. The van der Waals surface area contributed by atoms with Crippen LogP contribution in [0.1, 0.15) is 18.5 Å². The molecule has 0 radical (unpaired) electrons. The average molecular weight is 339 g/mol. The smallest absolute Gasteiger partial charge is 0.319 e. The summed E-state index contributed by atoms with van der Waals surface area (Å²) in [6.07, 6.45) is 0. The van der Waals surface area contributed by atoms with Crippen LogP contribution in [0.25, 0.3) is 0 Å².